The molecule has 0 aromatic heterocycles. The zero-order valence-corrected chi connectivity index (χ0v) is 12.4. The molecule has 0 heterocycles. The lowest BCUT2D eigenvalue weighted by Gasteiger charge is -2.42. The van der Waals surface area contributed by atoms with Crippen LogP contribution in [0.5, 0.6) is 0 Å². The van der Waals surface area contributed by atoms with Crippen LogP contribution in [0.4, 0.5) is 0 Å². The van der Waals surface area contributed by atoms with E-state index in [1.807, 2.05) is 0 Å². The van der Waals surface area contributed by atoms with Gasteiger partial charge in [-0.2, -0.15) is 5.26 Å². The maximum Gasteiger partial charge on any atom is 0.0672 e. The fraction of sp³-hybridized carbons (Fsp3) is 0.933. The van der Waals surface area contributed by atoms with Gasteiger partial charge in [0.2, 0.25) is 0 Å². The van der Waals surface area contributed by atoms with Crippen molar-refractivity contribution in [3.05, 3.63) is 0 Å². The van der Waals surface area contributed by atoms with Gasteiger partial charge in [-0.1, -0.05) is 13.3 Å². The van der Waals surface area contributed by atoms with Crippen molar-refractivity contribution in [1.29, 1.82) is 5.26 Å². The number of hydrogen-bond acceptors (Lipinski definition) is 3. The summed E-state index contributed by atoms with van der Waals surface area (Å²) in [5, 5.41) is 9.37. The summed E-state index contributed by atoms with van der Waals surface area (Å²) in [6, 6.07) is 3.43. The Balaban J connectivity index is 2.74. The van der Waals surface area contributed by atoms with Gasteiger partial charge >= 0.3 is 0 Å². The number of nitriles is 1. The summed E-state index contributed by atoms with van der Waals surface area (Å²) in [6.07, 6.45) is 4.71. The van der Waals surface area contributed by atoms with E-state index in [1.54, 1.807) is 7.11 Å². The highest BCUT2D eigenvalue weighted by Gasteiger charge is 2.34. The summed E-state index contributed by atoms with van der Waals surface area (Å²) in [4.78, 5) is 2.47. The van der Waals surface area contributed by atoms with Crippen molar-refractivity contribution in [2.24, 2.45) is 11.8 Å². The van der Waals surface area contributed by atoms with Crippen LogP contribution in [0.1, 0.15) is 46.5 Å². The molecular weight excluding hydrogens is 224 g/mol. The van der Waals surface area contributed by atoms with Gasteiger partial charge in [0, 0.05) is 25.7 Å². The number of nitrogens with zero attached hydrogens (tertiary/aromatic N) is 2. The predicted octanol–water partition coefficient (Wildman–Crippen LogP) is 3.06. The van der Waals surface area contributed by atoms with Crippen LogP contribution in [0.25, 0.3) is 0 Å². The Hall–Kier alpha value is -0.590. The Labute approximate surface area is 112 Å². The van der Waals surface area contributed by atoms with E-state index in [9.17, 15) is 5.26 Å². The van der Waals surface area contributed by atoms with Gasteiger partial charge in [0.05, 0.1) is 18.6 Å². The number of ether oxygens (including phenoxy) is 1. The number of hydrogen-bond donors (Lipinski definition) is 0. The quantitative estimate of drug-likeness (QED) is 0.729. The Morgan fingerprint density at radius 2 is 2.11 bits per heavy atom. The van der Waals surface area contributed by atoms with Crippen molar-refractivity contribution in [3.63, 3.8) is 0 Å². The third-order valence-electron chi connectivity index (χ3n) is 4.31. The summed E-state index contributed by atoms with van der Waals surface area (Å²) in [7, 11) is 1.75. The summed E-state index contributed by atoms with van der Waals surface area (Å²) in [5.74, 6) is 0.996. The van der Waals surface area contributed by atoms with Gasteiger partial charge in [0.25, 0.3) is 0 Å². The van der Waals surface area contributed by atoms with Crippen molar-refractivity contribution < 1.29 is 4.74 Å². The Kier molecular flexibility index (Phi) is 6.67. The first-order valence-corrected chi connectivity index (χ1v) is 7.28. The van der Waals surface area contributed by atoms with Gasteiger partial charge in [-0.15, -0.1) is 0 Å². The van der Waals surface area contributed by atoms with Crippen molar-refractivity contribution in [2.75, 3.05) is 20.3 Å². The number of rotatable bonds is 6. The first-order valence-electron chi connectivity index (χ1n) is 7.28. The predicted molar refractivity (Wildman–Crippen MR) is 74.2 cm³/mol. The molecule has 3 heteroatoms. The normalized spacial score (nSPS) is 28.6. The molecule has 0 amide bonds. The average Bonchev–Trinajstić information content (AvgIpc) is 2.38. The molecule has 0 spiro atoms. The van der Waals surface area contributed by atoms with Gasteiger partial charge in [0.15, 0.2) is 0 Å². The van der Waals surface area contributed by atoms with Crippen molar-refractivity contribution in [2.45, 2.75) is 58.5 Å². The van der Waals surface area contributed by atoms with Crippen molar-refractivity contribution in [3.8, 4) is 6.07 Å². The third-order valence-corrected chi connectivity index (χ3v) is 4.31. The lowest BCUT2D eigenvalue weighted by molar-refractivity contribution is 0.0475. The molecule has 0 radical (unpaired) electrons. The second kappa shape index (κ2) is 7.76. The van der Waals surface area contributed by atoms with E-state index in [0.29, 0.717) is 12.1 Å². The molecule has 0 aromatic rings. The smallest absolute Gasteiger partial charge is 0.0672 e. The molecule has 18 heavy (non-hydrogen) atoms. The molecule has 3 unspecified atom stereocenters. The molecule has 1 aliphatic carbocycles. The van der Waals surface area contributed by atoms with E-state index in [1.165, 1.54) is 19.3 Å². The van der Waals surface area contributed by atoms with Crippen molar-refractivity contribution >= 4 is 0 Å². The molecule has 1 aliphatic rings. The summed E-state index contributed by atoms with van der Waals surface area (Å²) in [6.45, 7) is 8.40. The Morgan fingerprint density at radius 3 is 2.61 bits per heavy atom. The van der Waals surface area contributed by atoms with Crippen molar-refractivity contribution in [1.82, 2.24) is 4.90 Å². The molecule has 1 saturated carbocycles. The molecule has 1 rings (SSSR count). The lowest BCUT2D eigenvalue weighted by atomic mass is 9.77. The van der Waals surface area contributed by atoms with Crippen LogP contribution in [-0.4, -0.2) is 37.2 Å². The van der Waals surface area contributed by atoms with Crippen LogP contribution in [0.15, 0.2) is 0 Å². The van der Waals surface area contributed by atoms with Gasteiger partial charge in [-0.05, 0) is 39.0 Å². The van der Waals surface area contributed by atoms with E-state index < -0.39 is 0 Å². The molecule has 3 nitrogen and oxygen atoms in total. The average molecular weight is 252 g/mol. The summed E-state index contributed by atoms with van der Waals surface area (Å²) in [5.41, 5.74) is 0. The van der Waals surface area contributed by atoms with Crippen LogP contribution in [0.3, 0.4) is 0 Å². The molecular formula is C15H28N2O. The monoisotopic (exact) mass is 252 g/mol. The van der Waals surface area contributed by atoms with E-state index in [0.717, 1.165) is 25.5 Å². The Bertz CT molecular complexity index is 272. The first kappa shape index (κ1) is 15.5. The summed E-state index contributed by atoms with van der Waals surface area (Å²) < 4.78 is 5.21. The van der Waals surface area contributed by atoms with E-state index >= 15 is 0 Å². The fourth-order valence-corrected chi connectivity index (χ4v) is 3.12. The van der Waals surface area contributed by atoms with Gasteiger partial charge in [-0.3, -0.25) is 4.90 Å². The molecule has 1 fully saturated rings. The lowest BCUT2D eigenvalue weighted by Crippen LogP contribution is -2.48. The molecule has 104 valence electrons. The highest BCUT2D eigenvalue weighted by Crippen LogP contribution is 2.34. The molecule has 0 aliphatic heterocycles. The van der Waals surface area contributed by atoms with E-state index in [-0.39, 0.29) is 5.92 Å². The fourth-order valence-electron chi connectivity index (χ4n) is 3.12. The Morgan fingerprint density at radius 1 is 1.39 bits per heavy atom. The first-order chi connectivity index (χ1) is 8.63. The van der Waals surface area contributed by atoms with Crippen LogP contribution in [0.2, 0.25) is 0 Å². The van der Waals surface area contributed by atoms with Crippen LogP contribution >= 0.6 is 0 Å². The molecule has 0 N–H and O–H groups in total. The molecule has 0 aromatic carbocycles. The van der Waals surface area contributed by atoms with Gasteiger partial charge in [0.1, 0.15) is 0 Å². The van der Waals surface area contributed by atoms with Gasteiger partial charge in [-0.25, -0.2) is 0 Å². The van der Waals surface area contributed by atoms with Crippen LogP contribution < -0.4 is 0 Å². The SMILES string of the molecule is CCC1CCC(C#N)C(N(CCOC)C(C)C)C1. The second-order valence-electron chi connectivity index (χ2n) is 5.71. The highest BCUT2D eigenvalue weighted by molar-refractivity contribution is 4.98. The largest absolute Gasteiger partial charge is 0.383 e. The third kappa shape index (κ3) is 3.96. The zero-order chi connectivity index (χ0) is 13.5. The van der Waals surface area contributed by atoms with Gasteiger partial charge < -0.3 is 4.74 Å². The number of methoxy groups -OCH3 is 1. The van der Waals surface area contributed by atoms with Crippen LogP contribution in [-0.2, 0) is 4.74 Å². The standard InChI is InChI=1S/C15H28N2O/c1-5-13-6-7-14(11-16)15(10-13)17(12(2)3)8-9-18-4/h12-15H,5-10H2,1-4H3. The minimum atomic E-state index is 0.201. The molecule has 0 bridgehead atoms. The molecule has 3 atom stereocenters. The summed E-state index contributed by atoms with van der Waals surface area (Å²) >= 11 is 0. The van der Waals surface area contributed by atoms with E-state index in [2.05, 4.69) is 31.7 Å². The second-order valence-corrected chi connectivity index (χ2v) is 5.71. The van der Waals surface area contributed by atoms with Crippen LogP contribution in [0, 0.1) is 23.2 Å². The zero-order valence-electron chi connectivity index (χ0n) is 12.4. The molecule has 0 saturated heterocycles. The topological polar surface area (TPSA) is 36.3 Å². The van der Waals surface area contributed by atoms with E-state index in [4.69, 9.17) is 4.74 Å². The maximum absolute atomic E-state index is 9.37. The minimum absolute atomic E-state index is 0.201. The minimum Gasteiger partial charge on any atom is -0.383 e. The maximum atomic E-state index is 9.37. The highest BCUT2D eigenvalue weighted by atomic mass is 16.5.